The highest BCUT2D eigenvalue weighted by atomic mass is 32.1. The molecule has 0 aliphatic rings. The van der Waals surface area contributed by atoms with Crippen molar-refractivity contribution >= 4 is 12.6 Å². The van der Waals surface area contributed by atoms with Crippen molar-refractivity contribution in [2.24, 2.45) is 11.3 Å². The molecule has 0 aromatic heterocycles. The Balaban J connectivity index is 6.06. The van der Waals surface area contributed by atoms with Crippen LogP contribution in [0.2, 0.25) is 0 Å². The molecule has 0 bridgehead atoms. The summed E-state index contributed by atoms with van der Waals surface area (Å²) in [5.74, 6) is -3.43. The van der Waals surface area contributed by atoms with Gasteiger partial charge in [0.1, 0.15) is 0 Å². The molecule has 0 aromatic rings. The van der Waals surface area contributed by atoms with E-state index in [1.54, 1.807) is 0 Å². The Hall–Kier alpha value is -0.490. The molecule has 1 atom stereocenters. The lowest BCUT2D eigenvalue weighted by molar-refractivity contribution is -0.435. The molecule has 0 N–H and O–H groups in total. The van der Waals surface area contributed by atoms with Crippen LogP contribution in [-0.4, -0.2) is 30.5 Å². The highest BCUT2D eigenvalue weighted by Gasteiger charge is 2.84. The van der Waals surface area contributed by atoms with Crippen LogP contribution in [0.5, 0.6) is 0 Å². The molecule has 13 heteroatoms. The second-order valence-corrected chi connectivity index (χ2v) is 5.51. The van der Waals surface area contributed by atoms with Crippen molar-refractivity contribution in [1.82, 2.24) is 0 Å². The molecule has 0 aliphatic heterocycles. The summed E-state index contributed by atoms with van der Waals surface area (Å²) in [4.78, 5) is 0. The lowest BCUT2D eigenvalue weighted by Gasteiger charge is -2.40. The first kappa shape index (κ1) is 23.5. The standard InChI is InChI=1S/C11H12F12S/c12-8(13,14)6(3-1-2-4-24)5-7(9(15,16)17,10(18,19)20)11(21,22)23/h6,24H,1-5H2. The van der Waals surface area contributed by atoms with Gasteiger partial charge in [-0.05, 0) is 25.0 Å². The molecular formula is C11H12F12S. The predicted molar refractivity (Wildman–Crippen MR) is 62.5 cm³/mol. The summed E-state index contributed by atoms with van der Waals surface area (Å²) in [5.41, 5.74) is -6.45. The Morgan fingerprint density at radius 2 is 1.00 bits per heavy atom. The molecule has 146 valence electrons. The highest BCUT2D eigenvalue weighted by Crippen LogP contribution is 2.63. The van der Waals surface area contributed by atoms with E-state index >= 15 is 0 Å². The van der Waals surface area contributed by atoms with Crippen molar-refractivity contribution in [3.8, 4) is 0 Å². The van der Waals surface area contributed by atoms with E-state index in [1.165, 1.54) is 0 Å². The number of alkyl halides is 12. The minimum atomic E-state index is -6.99. The summed E-state index contributed by atoms with van der Waals surface area (Å²) in [5, 5.41) is 0. The van der Waals surface area contributed by atoms with Gasteiger partial charge in [0.05, 0.1) is 5.92 Å². The van der Waals surface area contributed by atoms with E-state index in [0.29, 0.717) is 0 Å². The first-order valence-corrected chi connectivity index (χ1v) is 6.93. The van der Waals surface area contributed by atoms with Crippen LogP contribution in [0.1, 0.15) is 25.7 Å². The third kappa shape index (κ3) is 5.01. The molecule has 0 radical (unpaired) electrons. The van der Waals surface area contributed by atoms with Crippen molar-refractivity contribution in [2.75, 3.05) is 5.75 Å². The number of hydrogen-bond donors (Lipinski definition) is 1. The maximum Gasteiger partial charge on any atom is 0.412 e. The van der Waals surface area contributed by atoms with Crippen molar-refractivity contribution in [3.63, 3.8) is 0 Å². The third-order valence-corrected chi connectivity index (χ3v) is 3.74. The molecule has 0 saturated heterocycles. The highest BCUT2D eigenvalue weighted by molar-refractivity contribution is 7.80. The van der Waals surface area contributed by atoms with Gasteiger partial charge in [-0.3, -0.25) is 0 Å². The lowest BCUT2D eigenvalue weighted by atomic mass is 9.75. The molecule has 0 fully saturated rings. The molecule has 0 aromatic carbocycles. The molecule has 0 nitrogen and oxygen atoms in total. The van der Waals surface area contributed by atoms with Crippen LogP contribution in [0, 0.1) is 11.3 Å². The smallest absolute Gasteiger partial charge is 0.179 e. The van der Waals surface area contributed by atoms with Crippen molar-refractivity contribution in [2.45, 2.75) is 50.4 Å². The molecule has 0 heterocycles. The van der Waals surface area contributed by atoms with E-state index in [9.17, 15) is 52.7 Å². The van der Waals surface area contributed by atoms with Crippen molar-refractivity contribution in [3.05, 3.63) is 0 Å². The molecule has 0 rings (SSSR count). The van der Waals surface area contributed by atoms with Crippen molar-refractivity contribution < 1.29 is 52.7 Å². The third-order valence-electron chi connectivity index (χ3n) is 3.43. The second kappa shape index (κ2) is 7.40. The number of unbranched alkanes of at least 4 members (excludes halogenated alkanes) is 1. The fraction of sp³-hybridized carbons (Fsp3) is 1.00. The van der Waals surface area contributed by atoms with E-state index in [-0.39, 0.29) is 12.2 Å². The average molecular weight is 404 g/mol. The zero-order valence-electron chi connectivity index (χ0n) is 11.6. The Kier molecular flexibility index (Phi) is 7.25. The topological polar surface area (TPSA) is 0 Å². The maximum absolute atomic E-state index is 12.7. The number of thiol groups is 1. The minimum Gasteiger partial charge on any atom is -0.179 e. The largest absolute Gasteiger partial charge is 0.412 e. The zero-order valence-corrected chi connectivity index (χ0v) is 12.5. The Bertz CT molecular complexity index is 352. The van der Waals surface area contributed by atoms with E-state index in [2.05, 4.69) is 12.6 Å². The summed E-state index contributed by atoms with van der Waals surface area (Å²) in [6, 6.07) is 0. The molecule has 1 unspecified atom stereocenters. The number of rotatable bonds is 6. The van der Waals surface area contributed by atoms with E-state index in [1.807, 2.05) is 0 Å². The van der Waals surface area contributed by atoms with Crippen LogP contribution in [-0.2, 0) is 0 Å². The van der Waals surface area contributed by atoms with Crippen LogP contribution in [0.3, 0.4) is 0 Å². The Labute approximate surface area is 134 Å². The quantitative estimate of drug-likeness (QED) is 0.299. The molecule has 24 heavy (non-hydrogen) atoms. The SMILES string of the molecule is FC(F)(F)C(CCCCS)CC(C(F)(F)F)(C(F)(F)F)C(F)(F)F. The van der Waals surface area contributed by atoms with Crippen LogP contribution < -0.4 is 0 Å². The minimum absolute atomic E-state index is 0.0203. The van der Waals surface area contributed by atoms with Crippen LogP contribution in [0.15, 0.2) is 0 Å². The molecular weight excluding hydrogens is 392 g/mol. The van der Waals surface area contributed by atoms with Gasteiger partial charge in [0.15, 0.2) is 0 Å². The summed E-state index contributed by atoms with van der Waals surface area (Å²) in [6.45, 7) is 0. The van der Waals surface area contributed by atoms with E-state index < -0.39 is 55.3 Å². The summed E-state index contributed by atoms with van der Waals surface area (Å²) >= 11 is 3.60. The van der Waals surface area contributed by atoms with Crippen LogP contribution >= 0.6 is 12.6 Å². The normalized spacial score (nSPS) is 16.4. The van der Waals surface area contributed by atoms with Crippen LogP contribution in [0.25, 0.3) is 0 Å². The predicted octanol–water partition coefficient (Wildman–Crippen LogP) is 6.33. The first-order chi connectivity index (χ1) is 10.4. The van der Waals surface area contributed by atoms with Gasteiger partial charge in [-0.1, -0.05) is 6.42 Å². The molecule has 0 spiro atoms. The monoisotopic (exact) mass is 404 g/mol. The molecule has 0 amide bonds. The van der Waals surface area contributed by atoms with Gasteiger partial charge in [-0.25, -0.2) is 0 Å². The fourth-order valence-corrected chi connectivity index (χ4v) is 2.31. The summed E-state index contributed by atoms with van der Waals surface area (Å²) in [7, 11) is 0. The number of halogens is 12. The Morgan fingerprint density at radius 1 is 0.625 bits per heavy atom. The molecule has 0 saturated carbocycles. The van der Waals surface area contributed by atoms with E-state index in [4.69, 9.17) is 0 Å². The average Bonchev–Trinajstić information content (AvgIpc) is 2.26. The maximum atomic E-state index is 12.7. The van der Waals surface area contributed by atoms with Gasteiger partial charge < -0.3 is 0 Å². The first-order valence-electron chi connectivity index (χ1n) is 6.29. The fourth-order valence-electron chi connectivity index (χ4n) is 2.08. The Morgan fingerprint density at radius 3 is 1.25 bits per heavy atom. The van der Waals surface area contributed by atoms with Gasteiger partial charge in [0.2, 0.25) is 0 Å². The van der Waals surface area contributed by atoms with Gasteiger partial charge in [0.25, 0.3) is 5.41 Å². The van der Waals surface area contributed by atoms with Gasteiger partial charge in [0, 0.05) is 0 Å². The van der Waals surface area contributed by atoms with Gasteiger partial charge in [-0.2, -0.15) is 65.3 Å². The zero-order chi connectivity index (χ0) is 19.6. The summed E-state index contributed by atoms with van der Waals surface area (Å²) in [6.07, 6.45) is -31.7. The van der Waals surface area contributed by atoms with Gasteiger partial charge in [-0.15, -0.1) is 0 Å². The second-order valence-electron chi connectivity index (χ2n) is 5.06. The van der Waals surface area contributed by atoms with Crippen molar-refractivity contribution in [1.29, 1.82) is 0 Å². The van der Waals surface area contributed by atoms with Gasteiger partial charge >= 0.3 is 24.7 Å². The van der Waals surface area contributed by atoms with Crippen LogP contribution in [0.4, 0.5) is 52.7 Å². The number of hydrogen-bond acceptors (Lipinski definition) is 1. The van der Waals surface area contributed by atoms with E-state index in [0.717, 1.165) is 0 Å². The summed E-state index contributed by atoms with van der Waals surface area (Å²) < 4.78 is 152. The lowest BCUT2D eigenvalue weighted by Crippen LogP contribution is -2.61. The molecule has 0 aliphatic carbocycles.